The van der Waals surface area contributed by atoms with Crippen molar-refractivity contribution in [3.05, 3.63) is 61.5 Å². The van der Waals surface area contributed by atoms with Crippen molar-refractivity contribution >= 4 is 62.4 Å². The molecule has 0 aromatic heterocycles. The van der Waals surface area contributed by atoms with Crippen molar-refractivity contribution in [2.75, 3.05) is 6.61 Å². The first kappa shape index (κ1) is 19.1. The summed E-state index contributed by atoms with van der Waals surface area (Å²) in [6.45, 7) is 1.51. The maximum atomic E-state index is 11.8. The fourth-order valence-electron chi connectivity index (χ4n) is 1.76. The molecule has 2 aromatic carbocycles. The molecule has 0 heterocycles. The highest BCUT2D eigenvalue weighted by molar-refractivity contribution is 9.10. The van der Waals surface area contributed by atoms with Gasteiger partial charge in [-0.25, -0.2) is 5.43 Å². The normalized spacial score (nSPS) is 11.3. The molecule has 0 radical (unpaired) electrons. The van der Waals surface area contributed by atoms with E-state index in [1.165, 1.54) is 12.1 Å². The molecule has 8 heteroatoms. The van der Waals surface area contributed by atoms with E-state index in [-0.39, 0.29) is 22.4 Å². The lowest BCUT2D eigenvalue weighted by Gasteiger charge is -2.09. The van der Waals surface area contributed by atoms with Crippen LogP contribution in [0.2, 0.25) is 15.1 Å². The number of halogens is 4. The second-order valence-corrected chi connectivity index (χ2v) is 6.90. The third kappa shape index (κ3) is 5.38. The van der Waals surface area contributed by atoms with Crippen molar-refractivity contribution in [2.45, 2.75) is 6.92 Å². The van der Waals surface area contributed by atoms with E-state index in [2.05, 4.69) is 26.5 Å². The summed E-state index contributed by atoms with van der Waals surface area (Å²) in [6, 6.07) is 10.5. The van der Waals surface area contributed by atoms with E-state index >= 15 is 0 Å². The summed E-state index contributed by atoms with van der Waals surface area (Å²) < 4.78 is 6.26. The predicted molar refractivity (Wildman–Crippen MR) is 101 cm³/mol. The van der Waals surface area contributed by atoms with Gasteiger partial charge in [0.15, 0.2) is 12.4 Å². The average Bonchev–Trinajstić information content (AvgIpc) is 2.51. The zero-order valence-electron chi connectivity index (χ0n) is 12.4. The maximum absolute atomic E-state index is 11.8. The van der Waals surface area contributed by atoms with Crippen molar-refractivity contribution in [3.8, 4) is 5.75 Å². The van der Waals surface area contributed by atoms with Crippen LogP contribution >= 0.6 is 50.7 Å². The molecule has 0 saturated heterocycles. The summed E-state index contributed by atoms with van der Waals surface area (Å²) in [5.41, 5.74) is 3.96. The minimum atomic E-state index is -0.438. The zero-order valence-corrected chi connectivity index (χ0v) is 16.3. The van der Waals surface area contributed by atoms with Gasteiger partial charge < -0.3 is 4.74 Å². The zero-order chi connectivity index (χ0) is 17.7. The monoisotopic (exact) mass is 448 g/mol. The lowest BCUT2D eigenvalue weighted by atomic mass is 10.1. The Morgan fingerprint density at radius 1 is 1.21 bits per heavy atom. The van der Waals surface area contributed by atoms with Crippen LogP contribution in [-0.2, 0) is 4.79 Å². The van der Waals surface area contributed by atoms with Gasteiger partial charge in [-0.15, -0.1) is 0 Å². The van der Waals surface area contributed by atoms with Gasteiger partial charge in [-0.2, -0.15) is 5.10 Å². The number of nitrogens with one attached hydrogen (secondary N) is 1. The fourth-order valence-corrected chi connectivity index (χ4v) is 3.09. The van der Waals surface area contributed by atoms with E-state index < -0.39 is 5.91 Å². The lowest BCUT2D eigenvalue weighted by Crippen LogP contribution is -2.25. The predicted octanol–water partition coefficient (Wildman–Crippen LogP) is 5.33. The number of nitrogens with zero attached hydrogens (tertiary/aromatic N) is 1. The number of ether oxygens (including phenoxy) is 1. The molecule has 1 amide bonds. The topological polar surface area (TPSA) is 50.7 Å². The number of amides is 1. The number of hydrogen-bond acceptors (Lipinski definition) is 3. The lowest BCUT2D eigenvalue weighted by molar-refractivity contribution is -0.123. The summed E-state index contributed by atoms with van der Waals surface area (Å²) in [5.74, 6) is -0.239. The second-order valence-electron chi connectivity index (χ2n) is 4.73. The van der Waals surface area contributed by atoms with Gasteiger partial charge in [0.05, 0.1) is 15.8 Å². The molecule has 2 aromatic rings. The summed E-state index contributed by atoms with van der Waals surface area (Å²) in [4.78, 5) is 11.8. The van der Waals surface area contributed by atoms with Gasteiger partial charge in [0.25, 0.3) is 5.91 Å². The third-order valence-electron chi connectivity index (χ3n) is 2.90. The van der Waals surface area contributed by atoms with Crippen LogP contribution in [0.3, 0.4) is 0 Å². The molecule has 0 spiro atoms. The standard InChI is InChI=1S/C16H12BrCl3N2O2/c1-9(10-3-2-4-11(17)5-10)21-22-15(23)8-24-16-13(19)6-12(18)7-14(16)20/h2-7H,8H2,1H3,(H,22,23)/b21-9+. The number of hydrazone groups is 1. The first-order chi connectivity index (χ1) is 11.4. The SMILES string of the molecule is C/C(=N\NC(=O)COc1c(Cl)cc(Cl)cc1Cl)c1cccc(Br)c1. The Labute approximate surface area is 162 Å². The van der Waals surface area contributed by atoms with Gasteiger partial charge in [0.2, 0.25) is 0 Å². The molecule has 0 atom stereocenters. The van der Waals surface area contributed by atoms with E-state index in [0.717, 1.165) is 10.0 Å². The quantitative estimate of drug-likeness (QED) is 0.495. The number of carbonyl (C=O) groups is 1. The van der Waals surface area contributed by atoms with Gasteiger partial charge >= 0.3 is 0 Å². The molecule has 0 unspecified atom stereocenters. The highest BCUT2D eigenvalue weighted by Gasteiger charge is 2.11. The summed E-state index contributed by atoms with van der Waals surface area (Å²) in [7, 11) is 0. The van der Waals surface area contributed by atoms with Crippen LogP contribution in [0.25, 0.3) is 0 Å². The maximum Gasteiger partial charge on any atom is 0.277 e. The van der Waals surface area contributed by atoms with E-state index in [1.807, 2.05) is 24.3 Å². The first-order valence-corrected chi connectivity index (χ1v) is 8.66. The molecular weight excluding hydrogens is 438 g/mol. The highest BCUT2D eigenvalue weighted by atomic mass is 79.9. The Morgan fingerprint density at radius 3 is 2.50 bits per heavy atom. The summed E-state index contributed by atoms with van der Waals surface area (Å²) in [5, 5.41) is 4.88. The van der Waals surface area contributed by atoms with Crippen LogP contribution in [-0.4, -0.2) is 18.2 Å². The van der Waals surface area contributed by atoms with Crippen molar-refractivity contribution in [3.63, 3.8) is 0 Å². The molecule has 0 aliphatic carbocycles. The van der Waals surface area contributed by atoms with E-state index in [0.29, 0.717) is 10.7 Å². The number of rotatable bonds is 5. The van der Waals surface area contributed by atoms with E-state index in [9.17, 15) is 4.79 Å². The van der Waals surface area contributed by atoms with Crippen molar-refractivity contribution in [1.29, 1.82) is 0 Å². The van der Waals surface area contributed by atoms with Gasteiger partial charge in [-0.1, -0.05) is 62.9 Å². The third-order valence-corrected chi connectivity index (χ3v) is 4.17. The minimum absolute atomic E-state index is 0.200. The molecule has 0 aliphatic rings. The first-order valence-electron chi connectivity index (χ1n) is 6.73. The van der Waals surface area contributed by atoms with Gasteiger partial charge in [-0.3, -0.25) is 4.79 Å². The molecule has 2 rings (SSSR count). The van der Waals surface area contributed by atoms with Crippen LogP contribution in [0.5, 0.6) is 5.75 Å². The largest absolute Gasteiger partial charge is 0.481 e. The van der Waals surface area contributed by atoms with Crippen LogP contribution in [0, 0.1) is 0 Å². The van der Waals surface area contributed by atoms with Crippen LogP contribution in [0.4, 0.5) is 0 Å². The summed E-state index contributed by atoms with van der Waals surface area (Å²) in [6.07, 6.45) is 0. The van der Waals surface area contributed by atoms with Crippen LogP contribution in [0.1, 0.15) is 12.5 Å². The Morgan fingerprint density at radius 2 is 1.88 bits per heavy atom. The van der Waals surface area contributed by atoms with Gasteiger partial charge in [0, 0.05) is 9.50 Å². The molecule has 1 N–H and O–H groups in total. The second kappa shape index (κ2) is 8.72. The Kier molecular flexibility index (Phi) is 6.92. The van der Waals surface area contributed by atoms with E-state index in [4.69, 9.17) is 39.5 Å². The fraction of sp³-hybridized carbons (Fsp3) is 0.125. The molecule has 4 nitrogen and oxygen atoms in total. The van der Waals surface area contributed by atoms with Gasteiger partial charge in [-0.05, 0) is 36.8 Å². The molecular formula is C16H12BrCl3N2O2. The smallest absolute Gasteiger partial charge is 0.277 e. The van der Waals surface area contributed by atoms with Crippen LogP contribution in [0.15, 0.2) is 46.0 Å². The van der Waals surface area contributed by atoms with Crippen molar-refractivity contribution in [2.24, 2.45) is 5.10 Å². The van der Waals surface area contributed by atoms with Crippen molar-refractivity contribution in [1.82, 2.24) is 5.43 Å². The molecule has 126 valence electrons. The van der Waals surface area contributed by atoms with Crippen LogP contribution < -0.4 is 10.2 Å². The molecule has 0 bridgehead atoms. The number of carbonyl (C=O) groups excluding carboxylic acids is 1. The van der Waals surface area contributed by atoms with E-state index in [1.54, 1.807) is 6.92 Å². The molecule has 0 aliphatic heterocycles. The number of benzene rings is 2. The highest BCUT2D eigenvalue weighted by Crippen LogP contribution is 2.35. The number of hydrogen-bond donors (Lipinski definition) is 1. The Balaban J connectivity index is 1.96. The Hall–Kier alpha value is -1.27. The Bertz CT molecular complexity index is 774. The molecule has 0 saturated carbocycles. The van der Waals surface area contributed by atoms with Crippen molar-refractivity contribution < 1.29 is 9.53 Å². The molecule has 0 fully saturated rings. The summed E-state index contributed by atoms with van der Waals surface area (Å²) >= 11 is 21.2. The average molecular weight is 451 g/mol. The van der Waals surface area contributed by atoms with Gasteiger partial charge in [0.1, 0.15) is 0 Å². The molecule has 24 heavy (non-hydrogen) atoms. The minimum Gasteiger partial charge on any atom is -0.481 e.